The fraction of sp³-hybridized carbons (Fsp3) is 0.333. The van der Waals surface area contributed by atoms with Gasteiger partial charge in [0.05, 0.1) is 18.0 Å². The van der Waals surface area contributed by atoms with E-state index < -0.39 is 12.0 Å². The molecule has 0 spiro atoms. The lowest BCUT2D eigenvalue weighted by Gasteiger charge is -2.37. The summed E-state index contributed by atoms with van der Waals surface area (Å²) in [6.45, 7) is 0.752. The number of hydrogen-bond acceptors (Lipinski definition) is 7. The van der Waals surface area contributed by atoms with Crippen LogP contribution in [0.15, 0.2) is 49.1 Å². The monoisotopic (exact) mass is 426 g/mol. The Morgan fingerprint density at radius 3 is 2.67 bits per heavy atom. The first kappa shape index (κ1) is 19.3. The van der Waals surface area contributed by atoms with E-state index in [0.717, 1.165) is 19.4 Å². The van der Waals surface area contributed by atoms with Gasteiger partial charge in [0.25, 0.3) is 0 Å². The lowest BCUT2D eigenvalue weighted by molar-refractivity contribution is -0.0211. The summed E-state index contributed by atoms with van der Waals surface area (Å²) in [5, 5.41) is 15.0. The SMILES string of the molecule is OC(c1cccc(F)c1-c1ncccn1)N1CC2CC(Nc3cnc(Cl)cn3)C1C2. The maximum atomic E-state index is 14.7. The number of nitrogens with one attached hydrogen (secondary N) is 1. The molecule has 3 heterocycles. The van der Waals surface area contributed by atoms with Crippen molar-refractivity contribution in [3.8, 4) is 11.4 Å². The van der Waals surface area contributed by atoms with Crippen LogP contribution in [-0.2, 0) is 0 Å². The van der Waals surface area contributed by atoms with Gasteiger partial charge in [0.1, 0.15) is 23.0 Å². The van der Waals surface area contributed by atoms with Crippen molar-refractivity contribution in [2.45, 2.75) is 31.2 Å². The van der Waals surface area contributed by atoms with Crippen molar-refractivity contribution >= 4 is 17.4 Å². The van der Waals surface area contributed by atoms with E-state index in [-0.39, 0.29) is 23.5 Å². The first-order chi connectivity index (χ1) is 14.6. The summed E-state index contributed by atoms with van der Waals surface area (Å²) in [4.78, 5) is 18.7. The molecule has 30 heavy (non-hydrogen) atoms. The fourth-order valence-electron chi connectivity index (χ4n) is 4.68. The molecule has 2 aliphatic rings. The Labute approximate surface area is 178 Å². The molecule has 2 fully saturated rings. The molecule has 1 saturated carbocycles. The molecule has 7 nitrogen and oxygen atoms in total. The number of aliphatic hydroxyl groups is 1. The molecule has 0 amide bonds. The minimum absolute atomic E-state index is 0.0929. The standard InChI is InChI=1S/C21H20ClFN6O/c22-17-9-27-18(10-26-17)28-15-7-12-8-16(15)29(11-12)21(30)13-3-1-4-14(23)19(13)20-24-5-2-6-25-20/h1-6,9-10,12,15-16,21,30H,7-8,11H2,(H,27,28). The summed E-state index contributed by atoms with van der Waals surface area (Å²) >= 11 is 5.82. The minimum atomic E-state index is -0.963. The van der Waals surface area contributed by atoms with Crippen LogP contribution in [0.3, 0.4) is 0 Å². The maximum Gasteiger partial charge on any atom is 0.162 e. The van der Waals surface area contributed by atoms with E-state index in [1.54, 1.807) is 36.8 Å². The second kappa shape index (κ2) is 7.86. The quantitative estimate of drug-likeness (QED) is 0.647. The van der Waals surface area contributed by atoms with E-state index in [2.05, 4.69) is 25.3 Å². The number of fused-ring (bicyclic) bond motifs is 2. The van der Waals surface area contributed by atoms with Crippen LogP contribution in [0.1, 0.15) is 24.6 Å². The highest BCUT2D eigenvalue weighted by molar-refractivity contribution is 6.29. The summed E-state index contributed by atoms with van der Waals surface area (Å²) in [5.41, 5.74) is 0.709. The number of aromatic nitrogens is 4. The van der Waals surface area contributed by atoms with Crippen LogP contribution >= 0.6 is 11.6 Å². The highest BCUT2D eigenvalue weighted by Crippen LogP contribution is 2.44. The van der Waals surface area contributed by atoms with E-state index >= 15 is 0 Å². The van der Waals surface area contributed by atoms with Gasteiger partial charge >= 0.3 is 0 Å². The smallest absolute Gasteiger partial charge is 0.162 e. The molecule has 4 atom stereocenters. The van der Waals surface area contributed by atoms with Crippen LogP contribution in [-0.4, -0.2) is 48.6 Å². The molecule has 0 radical (unpaired) electrons. The van der Waals surface area contributed by atoms with Crippen molar-refractivity contribution in [1.82, 2.24) is 24.8 Å². The molecule has 1 aliphatic heterocycles. The normalized spacial score (nSPS) is 24.2. The van der Waals surface area contributed by atoms with Crippen molar-refractivity contribution in [2.75, 3.05) is 11.9 Å². The molecule has 2 bridgehead atoms. The Hall–Kier alpha value is -2.68. The van der Waals surface area contributed by atoms with Gasteiger partial charge < -0.3 is 10.4 Å². The molecule has 3 aromatic rings. The van der Waals surface area contributed by atoms with Gasteiger partial charge in [-0.15, -0.1) is 0 Å². The topological polar surface area (TPSA) is 87.1 Å². The third-order valence-corrected chi connectivity index (χ3v) is 6.10. The van der Waals surface area contributed by atoms with Gasteiger partial charge in [-0.1, -0.05) is 23.7 Å². The molecule has 4 unspecified atom stereocenters. The van der Waals surface area contributed by atoms with Gasteiger partial charge in [-0.3, -0.25) is 4.90 Å². The predicted octanol–water partition coefficient (Wildman–Crippen LogP) is 3.29. The first-order valence-corrected chi connectivity index (χ1v) is 10.2. The molecular weight excluding hydrogens is 407 g/mol. The number of halogens is 2. The van der Waals surface area contributed by atoms with E-state index in [1.807, 2.05) is 4.90 Å². The average molecular weight is 427 g/mol. The van der Waals surface area contributed by atoms with E-state index in [9.17, 15) is 9.50 Å². The van der Waals surface area contributed by atoms with Crippen LogP contribution < -0.4 is 5.32 Å². The Morgan fingerprint density at radius 1 is 1.10 bits per heavy atom. The highest BCUT2D eigenvalue weighted by atomic mass is 35.5. The molecule has 1 aliphatic carbocycles. The zero-order valence-corrected chi connectivity index (χ0v) is 16.7. The van der Waals surface area contributed by atoms with Crippen molar-refractivity contribution in [3.05, 3.63) is 65.6 Å². The number of aliphatic hydroxyl groups excluding tert-OH is 1. The number of anilines is 1. The zero-order valence-electron chi connectivity index (χ0n) is 16.0. The van der Waals surface area contributed by atoms with E-state index in [4.69, 9.17) is 11.6 Å². The van der Waals surface area contributed by atoms with Gasteiger partial charge in [-0.25, -0.2) is 24.3 Å². The molecule has 5 rings (SSSR count). The van der Waals surface area contributed by atoms with E-state index in [1.165, 1.54) is 12.3 Å². The number of nitrogens with zero attached hydrogens (tertiary/aromatic N) is 5. The lowest BCUT2D eigenvalue weighted by Crippen LogP contribution is -2.46. The first-order valence-electron chi connectivity index (χ1n) is 9.84. The van der Waals surface area contributed by atoms with Crippen molar-refractivity contribution in [1.29, 1.82) is 0 Å². The van der Waals surface area contributed by atoms with Gasteiger partial charge in [0.2, 0.25) is 0 Å². The summed E-state index contributed by atoms with van der Waals surface area (Å²) in [6.07, 6.45) is 7.22. The Morgan fingerprint density at radius 2 is 1.93 bits per heavy atom. The molecule has 154 valence electrons. The third kappa shape index (κ3) is 3.51. The summed E-state index contributed by atoms with van der Waals surface area (Å²) in [6, 6.07) is 6.58. The number of benzene rings is 1. The fourth-order valence-corrected chi connectivity index (χ4v) is 4.78. The second-order valence-electron chi connectivity index (χ2n) is 7.73. The van der Waals surface area contributed by atoms with Gasteiger partial charge in [-0.2, -0.15) is 0 Å². The summed E-state index contributed by atoms with van der Waals surface area (Å²) < 4.78 is 14.7. The molecule has 9 heteroatoms. The van der Waals surface area contributed by atoms with Crippen molar-refractivity contribution in [3.63, 3.8) is 0 Å². The minimum Gasteiger partial charge on any atom is -0.374 e. The number of piperidine rings is 1. The van der Waals surface area contributed by atoms with Crippen LogP contribution in [0, 0.1) is 11.7 Å². The van der Waals surface area contributed by atoms with E-state index in [0.29, 0.717) is 22.5 Å². The number of likely N-dealkylation sites (tertiary alicyclic amines) is 1. The highest BCUT2D eigenvalue weighted by Gasteiger charge is 2.47. The van der Waals surface area contributed by atoms with Crippen LogP contribution in [0.2, 0.25) is 5.15 Å². The predicted molar refractivity (Wildman–Crippen MR) is 110 cm³/mol. The number of hydrogen-bond donors (Lipinski definition) is 2. The third-order valence-electron chi connectivity index (χ3n) is 5.90. The summed E-state index contributed by atoms with van der Waals surface area (Å²) in [5.74, 6) is 0.913. The molecule has 1 aromatic carbocycles. The second-order valence-corrected chi connectivity index (χ2v) is 8.11. The molecule has 2 aromatic heterocycles. The lowest BCUT2D eigenvalue weighted by atomic mass is 10.0. The van der Waals surface area contributed by atoms with Gasteiger partial charge in [0.15, 0.2) is 5.82 Å². The number of rotatable bonds is 5. The maximum absolute atomic E-state index is 14.7. The Balaban J connectivity index is 1.41. The van der Waals surface area contributed by atoms with Crippen LogP contribution in [0.4, 0.5) is 10.2 Å². The summed E-state index contributed by atoms with van der Waals surface area (Å²) in [7, 11) is 0. The largest absolute Gasteiger partial charge is 0.374 e. The molecule has 2 N–H and O–H groups in total. The van der Waals surface area contributed by atoms with Gasteiger partial charge in [0, 0.05) is 36.6 Å². The van der Waals surface area contributed by atoms with Crippen LogP contribution in [0.25, 0.3) is 11.4 Å². The molecular formula is C21H20ClFN6O. The Bertz CT molecular complexity index is 1040. The van der Waals surface area contributed by atoms with Gasteiger partial charge in [-0.05, 0) is 30.9 Å². The zero-order chi connectivity index (χ0) is 20.7. The average Bonchev–Trinajstić information content (AvgIpc) is 3.36. The van der Waals surface area contributed by atoms with Crippen LogP contribution in [0.5, 0.6) is 0 Å². The van der Waals surface area contributed by atoms with Crippen molar-refractivity contribution in [2.24, 2.45) is 5.92 Å². The van der Waals surface area contributed by atoms with Crippen molar-refractivity contribution < 1.29 is 9.50 Å². The molecule has 1 saturated heterocycles. The Kier molecular flexibility index (Phi) is 5.06.